The monoisotopic (exact) mass is 310 g/mol. The maximum Gasteiger partial charge on any atom is 0.157 e. The molecule has 0 N–H and O–H groups in total. The molecule has 0 aromatic heterocycles. The molecule has 1 fully saturated rings. The predicted molar refractivity (Wildman–Crippen MR) is 93.0 cm³/mol. The molecule has 0 amide bonds. The summed E-state index contributed by atoms with van der Waals surface area (Å²) in [7, 11) is -1.15. The molecule has 1 aliphatic heterocycles. The first-order valence-corrected chi connectivity index (χ1v) is 12.3. The molecule has 3 heteroatoms. The van der Waals surface area contributed by atoms with E-state index >= 15 is 0 Å². The maximum absolute atomic E-state index is 5.74. The summed E-state index contributed by atoms with van der Waals surface area (Å²) in [5.41, 5.74) is 3.43. The Kier molecular flexibility index (Phi) is 10.1. The molecule has 0 saturated carbocycles. The average molecular weight is 311 g/mol. The van der Waals surface area contributed by atoms with E-state index in [4.69, 9.17) is 9.47 Å². The molecular weight excluding hydrogens is 276 g/mol. The van der Waals surface area contributed by atoms with Gasteiger partial charge in [-0.1, -0.05) is 45.3 Å². The summed E-state index contributed by atoms with van der Waals surface area (Å²) in [5.74, 6) is 3.35. The van der Waals surface area contributed by atoms with Crippen molar-refractivity contribution >= 4 is 8.07 Å². The molecule has 21 heavy (non-hydrogen) atoms. The van der Waals surface area contributed by atoms with Crippen LogP contribution in [0.15, 0.2) is 0 Å². The molecule has 2 nitrogen and oxygen atoms in total. The van der Waals surface area contributed by atoms with Crippen molar-refractivity contribution < 1.29 is 9.47 Å². The fourth-order valence-electron chi connectivity index (χ4n) is 2.41. The highest BCUT2D eigenvalue weighted by Crippen LogP contribution is 2.14. The standard InChI is InChI=1S/C18H34O2Si/c1-21(2,3)17-13-9-7-5-4-6-8-11-15-19-18-14-10-12-16-20-18/h18H,4-12,14-16H2,1-3H3. The molecule has 1 aliphatic rings. The van der Waals surface area contributed by atoms with E-state index < -0.39 is 8.07 Å². The molecule has 1 rings (SSSR count). The lowest BCUT2D eigenvalue weighted by Gasteiger charge is -2.22. The average Bonchev–Trinajstić information content (AvgIpc) is 2.44. The van der Waals surface area contributed by atoms with Crippen molar-refractivity contribution in [2.24, 2.45) is 0 Å². The number of ether oxygens (including phenoxy) is 2. The summed E-state index contributed by atoms with van der Waals surface area (Å²) in [6.45, 7) is 8.67. The van der Waals surface area contributed by atoms with Crippen LogP contribution in [-0.4, -0.2) is 27.6 Å². The van der Waals surface area contributed by atoms with Crippen molar-refractivity contribution in [3.05, 3.63) is 0 Å². The van der Waals surface area contributed by atoms with E-state index in [2.05, 4.69) is 31.1 Å². The topological polar surface area (TPSA) is 18.5 Å². The Labute approximate surface area is 133 Å². The van der Waals surface area contributed by atoms with Gasteiger partial charge >= 0.3 is 0 Å². The number of hydrogen-bond donors (Lipinski definition) is 0. The summed E-state index contributed by atoms with van der Waals surface area (Å²) in [4.78, 5) is 0. The quantitative estimate of drug-likeness (QED) is 0.333. The summed E-state index contributed by atoms with van der Waals surface area (Å²) >= 11 is 0. The van der Waals surface area contributed by atoms with Gasteiger partial charge in [0.05, 0.1) is 0 Å². The van der Waals surface area contributed by atoms with Crippen LogP contribution < -0.4 is 0 Å². The van der Waals surface area contributed by atoms with E-state index in [9.17, 15) is 0 Å². The molecule has 1 unspecified atom stereocenters. The zero-order valence-electron chi connectivity index (χ0n) is 14.4. The Morgan fingerprint density at radius 3 is 2.38 bits per heavy atom. The third-order valence-electron chi connectivity index (χ3n) is 3.60. The fourth-order valence-corrected chi connectivity index (χ4v) is 3.06. The summed E-state index contributed by atoms with van der Waals surface area (Å²) in [5, 5.41) is 0. The van der Waals surface area contributed by atoms with Crippen LogP contribution in [0, 0.1) is 11.5 Å². The number of unbranched alkanes of at least 4 members (excludes halogenated alkanes) is 6. The molecular formula is C18H34O2Si. The molecule has 0 bridgehead atoms. The summed E-state index contributed by atoms with van der Waals surface area (Å²) in [6.07, 6.45) is 12.4. The Bertz CT molecular complexity index is 305. The summed E-state index contributed by atoms with van der Waals surface area (Å²) in [6, 6.07) is 0. The normalized spacial score (nSPS) is 19.1. The van der Waals surface area contributed by atoms with Crippen LogP contribution in [0.2, 0.25) is 19.6 Å². The van der Waals surface area contributed by atoms with Crippen LogP contribution in [0.25, 0.3) is 0 Å². The molecule has 0 spiro atoms. The molecule has 0 radical (unpaired) electrons. The summed E-state index contributed by atoms with van der Waals surface area (Å²) < 4.78 is 11.3. The van der Waals surface area contributed by atoms with Crippen LogP contribution in [0.3, 0.4) is 0 Å². The van der Waals surface area contributed by atoms with Crippen LogP contribution in [-0.2, 0) is 9.47 Å². The smallest absolute Gasteiger partial charge is 0.157 e. The van der Waals surface area contributed by atoms with Gasteiger partial charge in [0.2, 0.25) is 0 Å². The van der Waals surface area contributed by atoms with Gasteiger partial charge < -0.3 is 9.47 Å². The van der Waals surface area contributed by atoms with E-state index in [1.165, 1.54) is 51.4 Å². The van der Waals surface area contributed by atoms with Gasteiger partial charge in [0, 0.05) is 19.6 Å². The van der Waals surface area contributed by atoms with Crippen molar-refractivity contribution in [1.29, 1.82) is 0 Å². The molecule has 1 heterocycles. The van der Waals surface area contributed by atoms with Crippen LogP contribution in [0.1, 0.15) is 64.2 Å². The van der Waals surface area contributed by atoms with Crippen molar-refractivity contribution in [2.45, 2.75) is 90.1 Å². The fraction of sp³-hybridized carbons (Fsp3) is 0.889. The molecule has 122 valence electrons. The van der Waals surface area contributed by atoms with Gasteiger partial charge in [0.1, 0.15) is 8.07 Å². The lowest BCUT2D eigenvalue weighted by Crippen LogP contribution is -2.22. The molecule has 0 aromatic rings. The van der Waals surface area contributed by atoms with E-state index in [-0.39, 0.29) is 6.29 Å². The second-order valence-electron chi connectivity index (χ2n) is 7.09. The molecule has 0 aromatic carbocycles. The highest BCUT2D eigenvalue weighted by atomic mass is 28.3. The lowest BCUT2D eigenvalue weighted by atomic mass is 10.1. The minimum Gasteiger partial charge on any atom is -0.353 e. The van der Waals surface area contributed by atoms with Gasteiger partial charge in [-0.25, -0.2) is 0 Å². The molecule has 1 atom stereocenters. The van der Waals surface area contributed by atoms with E-state index in [0.29, 0.717) is 0 Å². The third kappa shape index (κ3) is 12.0. The van der Waals surface area contributed by atoms with Gasteiger partial charge in [0.25, 0.3) is 0 Å². The largest absolute Gasteiger partial charge is 0.353 e. The molecule has 1 saturated heterocycles. The minimum atomic E-state index is -1.15. The Balaban J connectivity index is 1.81. The van der Waals surface area contributed by atoms with E-state index in [0.717, 1.165) is 26.1 Å². The van der Waals surface area contributed by atoms with Crippen LogP contribution >= 0.6 is 0 Å². The second-order valence-corrected chi connectivity index (χ2v) is 11.8. The first-order valence-electron chi connectivity index (χ1n) is 8.81. The Morgan fingerprint density at radius 2 is 1.71 bits per heavy atom. The van der Waals surface area contributed by atoms with Gasteiger partial charge in [-0.15, -0.1) is 11.5 Å². The van der Waals surface area contributed by atoms with Gasteiger partial charge in [-0.3, -0.25) is 0 Å². The van der Waals surface area contributed by atoms with Crippen molar-refractivity contribution in [3.8, 4) is 11.5 Å². The van der Waals surface area contributed by atoms with Crippen molar-refractivity contribution in [3.63, 3.8) is 0 Å². The van der Waals surface area contributed by atoms with E-state index in [1.807, 2.05) is 0 Å². The second kappa shape index (κ2) is 11.3. The lowest BCUT2D eigenvalue weighted by molar-refractivity contribution is -0.162. The van der Waals surface area contributed by atoms with Crippen molar-refractivity contribution in [1.82, 2.24) is 0 Å². The van der Waals surface area contributed by atoms with Gasteiger partial charge in [-0.05, 0) is 32.1 Å². The first kappa shape index (κ1) is 18.7. The predicted octanol–water partition coefficient (Wildman–Crippen LogP) is 5.14. The zero-order chi connectivity index (χ0) is 15.4. The maximum atomic E-state index is 5.74. The minimum absolute atomic E-state index is 0.0868. The van der Waals surface area contributed by atoms with Crippen molar-refractivity contribution in [2.75, 3.05) is 13.2 Å². The zero-order valence-corrected chi connectivity index (χ0v) is 15.4. The highest BCUT2D eigenvalue weighted by Gasteiger charge is 2.13. The molecule has 0 aliphatic carbocycles. The Hall–Kier alpha value is -0.303. The van der Waals surface area contributed by atoms with Crippen LogP contribution in [0.4, 0.5) is 0 Å². The highest BCUT2D eigenvalue weighted by molar-refractivity contribution is 6.83. The number of rotatable bonds is 9. The van der Waals surface area contributed by atoms with Gasteiger partial charge in [-0.2, -0.15) is 0 Å². The number of hydrogen-bond acceptors (Lipinski definition) is 2. The van der Waals surface area contributed by atoms with Crippen LogP contribution in [0.5, 0.6) is 0 Å². The van der Waals surface area contributed by atoms with E-state index in [1.54, 1.807) is 0 Å². The third-order valence-corrected chi connectivity index (χ3v) is 4.53. The van der Waals surface area contributed by atoms with Gasteiger partial charge in [0.15, 0.2) is 6.29 Å². The Morgan fingerprint density at radius 1 is 1.00 bits per heavy atom. The first-order chi connectivity index (χ1) is 10.1. The SMILES string of the molecule is C[Si](C)(C)C#CCCCCCCCCOC1CCCCO1.